The number of hydrogen-bond donors (Lipinski definition) is 1. The molecule has 2 nitrogen and oxygen atoms in total. The molecule has 0 aromatic heterocycles. The Morgan fingerprint density at radius 3 is 1.91 bits per heavy atom. The average molecular weight is 257 g/mol. The molecule has 0 atom stereocenters. The normalized spacial score (nSPS) is 20.0. The first-order valence-corrected chi connectivity index (χ1v) is 4.03. The maximum atomic E-state index is 10.5. The zero-order valence-electron chi connectivity index (χ0n) is 6.75. The summed E-state index contributed by atoms with van der Waals surface area (Å²) in [6.07, 6.45) is 6.46. The van der Waals surface area contributed by atoms with Gasteiger partial charge in [0.15, 0.2) is 0 Å². The molecule has 1 fully saturated rings. The predicted molar refractivity (Wildman–Crippen MR) is 44.6 cm³/mol. The first kappa shape index (κ1) is 11.3. The fourth-order valence-corrected chi connectivity index (χ4v) is 1.53. The van der Waals surface area contributed by atoms with Crippen LogP contribution in [0.15, 0.2) is 0 Å². The molecule has 0 spiro atoms. The first-order chi connectivity index (χ1) is 4.80. The van der Waals surface area contributed by atoms with E-state index in [1.54, 1.807) is 0 Å². The summed E-state index contributed by atoms with van der Waals surface area (Å²) >= 11 is 0. The van der Waals surface area contributed by atoms with E-state index in [1.165, 1.54) is 12.8 Å². The van der Waals surface area contributed by atoms with E-state index < -0.39 is 5.97 Å². The number of hydrogen-bond acceptors (Lipinski definition) is 1. The van der Waals surface area contributed by atoms with Gasteiger partial charge in [-0.1, -0.05) is 25.7 Å². The van der Waals surface area contributed by atoms with Gasteiger partial charge in [-0.2, -0.15) is 0 Å². The summed E-state index contributed by atoms with van der Waals surface area (Å²) in [4.78, 5) is 10.5. The van der Waals surface area contributed by atoms with E-state index in [9.17, 15) is 4.79 Å². The second-order valence-corrected chi connectivity index (χ2v) is 3.03. The van der Waals surface area contributed by atoms with Crippen LogP contribution in [-0.4, -0.2) is 36.9 Å². The van der Waals surface area contributed by atoms with Gasteiger partial charge in [-0.05, 0) is 12.8 Å². The molecular formula is C8H14InO2. The molecular weight excluding hydrogens is 243 g/mol. The Kier molecular flexibility index (Phi) is 6.11. The maximum absolute atomic E-state index is 10.5. The second kappa shape index (κ2) is 5.92. The first-order valence-electron chi connectivity index (χ1n) is 4.03. The van der Waals surface area contributed by atoms with Gasteiger partial charge in [0.1, 0.15) is 0 Å². The van der Waals surface area contributed by atoms with Crippen molar-refractivity contribution in [1.29, 1.82) is 0 Å². The molecule has 1 saturated carbocycles. The van der Waals surface area contributed by atoms with Crippen molar-refractivity contribution in [1.82, 2.24) is 0 Å². The Bertz CT molecular complexity index is 117. The minimum absolute atomic E-state index is 0. The Morgan fingerprint density at radius 1 is 1.09 bits per heavy atom. The van der Waals surface area contributed by atoms with Crippen LogP contribution in [0.25, 0.3) is 0 Å². The molecule has 1 N–H and O–H groups in total. The average Bonchev–Trinajstić information content (AvgIpc) is 2.12. The number of carboxylic acid groups (broad SMARTS) is 1. The molecule has 0 unspecified atom stereocenters. The van der Waals surface area contributed by atoms with E-state index >= 15 is 0 Å². The summed E-state index contributed by atoms with van der Waals surface area (Å²) in [7, 11) is 0. The summed E-state index contributed by atoms with van der Waals surface area (Å²) in [5.41, 5.74) is 0. The van der Waals surface area contributed by atoms with Crippen molar-refractivity contribution in [3.05, 3.63) is 0 Å². The standard InChI is InChI=1S/C8H14O2.In/c9-8(10)7-5-3-1-2-4-6-7;/h7H,1-6H2,(H,9,10);. The van der Waals surface area contributed by atoms with Crippen LogP contribution in [0, 0.1) is 5.92 Å². The molecule has 0 aromatic rings. The Balaban J connectivity index is 0.000001000. The van der Waals surface area contributed by atoms with Gasteiger partial charge >= 0.3 is 5.97 Å². The maximum Gasteiger partial charge on any atom is 0.306 e. The fourth-order valence-electron chi connectivity index (χ4n) is 1.53. The predicted octanol–water partition coefficient (Wildman–Crippen LogP) is 1.66. The van der Waals surface area contributed by atoms with Gasteiger partial charge in [0, 0.05) is 25.8 Å². The molecule has 0 aliphatic heterocycles. The van der Waals surface area contributed by atoms with E-state index in [1.807, 2.05) is 0 Å². The van der Waals surface area contributed by atoms with E-state index in [0.29, 0.717) is 0 Å². The Labute approximate surface area is 86.2 Å². The molecule has 0 amide bonds. The number of aliphatic carboxylic acids is 1. The SMILES string of the molecule is O=C(O)C1CCCCCC1.[In]. The van der Waals surface area contributed by atoms with Crippen LogP contribution in [0.4, 0.5) is 0 Å². The molecule has 3 heteroatoms. The van der Waals surface area contributed by atoms with Crippen LogP contribution in [-0.2, 0) is 4.79 Å². The Morgan fingerprint density at radius 2 is 1.55 bits per heavy atom. The second-order valence-electron chi connectivity index (χ2n) is 3.03. The van der Waals surface area contributed by atoms with Gasteiger partial charge in [-0.25, -0.2) is 0 Å². The molecule has 0 saturated heterocycles. The molecule has 0 heterocycles. The number of carboxylic acids is 1. The van der Waals surface area contributed by atoms with Crippen molar-refractivity contribution in [3.8, 4) is 0 Å². The third kappa shape index (κ3) is 4.04. The zero-order chi connectivity index (χ0) is 7.40. The smallest absolute Gasteiger partial charge is 0.306 e. The van der Waals surface area contributed by atoms with Crippen molar-refractivity contribution in [2.45, 2.75) is 38.5 Å². The van der Waals surface area contributed by atoms with Crippen molar-refractivity contribution in [3.63, 3.8) is 0 Å². The minimum Gasteiger partial charge on any atom is -0.481 e. The van der Waals surface area contributed by atoms with Crippen molar-refractivity contribution in [2.24, 2.45) is 5.92 Å². The van der Waals surface area contributed by atoms with E-state index in [2.05, 4.69) is 0 Å². The molecule has 1 aliphatic rings. The molecule has 1 rings (SSSR count). The van der Waals surface area contributed by atoms with Crippen LogP contribution in [0.2, 0.25) is 0 Å². The monoisotopic (exact) mass is 257 g/mol. The topological polar surface area (TPSA) is 37.3 Å². The Hall–Kier alpha value is 0.340. The molecule has 61 valence electrons. The van der Waals surface area contributed by atoms with Gasteiger partial charge < -0.3 is 5.11 Å². The summed E-state index contributed by atoms with van der Waals surface area (Å²) < 4.78 is 0. The molecule has 1 aliphatic carbocycles. The van der Waals surface area contributed by atoms with E-state index in [0.717, 1.165) is 25.7 Å². The molecule has 0 aromatic carbocycles. The summed E-state index contributed by atoms with van der Waals surface area (Å²) in [5.74, 6) is -0.635. The van der Waals surface area contributed by atoms with Gasteiger partial charge in [0.2, 0.25) is 0 Å². The van der Waals surface area contributed by atoms with E-state index in [-0.39, 0.29) is 31.8 Å². The van der Waals surface area contributed by atoms with Crippen molar-refractivity contribution >= 4 is 31.8 Å². The summed E-state index contributed by atoms with van der Waals surface area (Å²) in [6.45, 7) is 0. The zero-order valence-corrected chi connectivity index (χ0v) is 10.0. The quantitative estimate of drug-likeness (QED) is 0.725. The summed E-state index contributed by atoms with van der Waals surface area (Å²) in [5, 5.41) is 8.66. The van der Waals surface area contributed by atoms with E-state index in [4.69, 9.17) is 5.11 Å². The molecule has 11 heavy (non-hydrogen) atoms. The molecule has 0 bridgehead atoms. The largest absolute Gasteiger partial charge is 0.481 e. The van der Waals surface area contributed by atoms with Crippen LogP contribution < -0.4 is 0 Å². The van der Waals surface area contributed by atoms with Gasteiger partial charge in [-0.3, -0.25) is 4.79 Å². The van der Waals surface area contributed by atoms with Crippen LogP contribution in [0.3, 0.4) is 0 Å². The van der Waals surface area contributed by atoms with Gasteiger partial charge in [-0.15, -0.1) is 0 Å². The minimum atomic E-state index is -0.595. The van der Waals surface area contributed by atoms with Crippen LogP contribution in [0.5, 0.6) is 0 Å². The fraction of sp³-hybridized carbons (Fsp3) is 0.875. The van der Waals surface area contributed by atoms with Crippen molar-refractivity contribution in [2.75, 3.05) is 0 Å². The van der Waals surface area contributed by atoms with Crippen molar-refractivity contribution < 1.29 is 9.90 Å². The number of rotatable bonds is 1. The van der Waals surface area contributed by atoms with Crippen LogP contribution in [0.1, 0.15) is 38.5 Å². The van der Waals surface area contributed by atoms with Gasteiger partial charge in [0.05, 0.1) is 5.92 Å². The summed E-state index contributed by atoms with van der Waals surface area (Å²) in [6, 6.07) is 0. The number of carbonyl (C=O) groups is 1. The third-order valence-corrected chi connectivity index (χ3v) is 2.20. The van der Waals surface area contributed by atoms with Gasteiger partial charge in [0.25, 0.3) is 0 Å². The van der Waals surface area contributed by atoms with Crippen LogP contribution >= 0.6 is 0 Å². The third-order valence-electron chi connectivity index (χ3n) is 2.20. The molecule has 3 radical (unpaired) electrons.